The number of carbonyl (C=O) groups excluding carboxylic acids is 1. The van der Waals surface area contributed by atoms with Crippen LogP contribution in [0.3, 0.4) is 0 Å². The summed E-state index contributed by atoms with van der Waals surface area (Å²) in [5, 5.41) is 20.6. The number of nitro benzene ring substituents is 1. The minimum Gasteiger partial charge on any atom is -0.318 e. The van der Waals surface area contributed by atoms with Gasteiger partial charge in [-0.15, -0.1) is 12.4 Å². The highest BCUT2D eigenvalue weighted by molar-refractivity contribution is 6.03. The second kappa shape index (κ2) is 6.71. The molecule has 22 heavy (non-hydrogen) atoms. The summed E-state index contributed by atoms with van der Waals surface area (Å²) in [6, 6.07) is 4.28. The summed E-state index contributed by atoms with van der Waals surface area (Å²) in [5.74, 6) is -0.129. The number of nitro groups is 1. The Kier molecular flexibility index (Phi) is 5.45. The third-order valence-corrected chi connectivity index (χ3v) is 3.28. The van der Waals surface area contributed by atoms with Crippen LogP contribution < -0.4 is 11.1 Å². The van der Waals surface area contributed by atoms with Gasteiger partial charge in [-0.2, -0.15) is 5.10 Å². The number of aromatic amines is 1. The molecule has 0 aliphatic rings. The first-order valence-electron chi connectivity index (χ1n) is 6.58. The van der Waals surface area contributed by atoms with Crippen molar-refractivity contribution in [2.75, 3.05) is 5.32 Å². The Balaban J connectivity index is 0.00000242. The van der Waals surface area contributed by atoms with Gasteiger partial charge in [0.05, 0.1) is 21.4 Å². The molecule has 1 unspecified atom stereocenters. The number of hydrogen-bond donors (Lipinski definition) is 3. The number of fused-ring (bicyclic) bond motifs is 1. The molecule has 9 heteroatoms. The van der Waals surface area contributed by atoms with E-state index in [2.05, 4.69) is 15.5 Å². The van der Waals surface area contributed by atoms with E-state index in [0.717, 1.165) is 6.42 Å². The first kappa shape index (κ1) is 17.9. The quantitative estimate of drug-likeness (QED) is 0.573. The van der Waals surface area contributed by atoms with E-state index >= 15 is 0 Å². The third kappa shape index (κ3) is 3.52. The summed E-state index contributed by atoms with van der Waals surface area (Å²) in [6.07, 6.45) is 1.30. The zero-order valence-corrected chi connectivity index (χ0v) is 13.1. The van der Waals surface area contributed by atoms with Crippen molar-refractivity contribution in [2.24, 2.45) is 5.73 Å². The second-order valence-electron chi connectivity index (χ2n) is 5.18. The minimum absolute atomic E-state index is 0. The fraction of sp³-hybridized carbons (Fsp3) is 0.385. The number of amides is 1. The summed E-state index contributed by atoms with van der Waals surface area (Å²) in [7, 11) is 0. The van der Waals surface area contributed by atoms with Gasteiger partial charge in [0.25, 0.3) is 5.69 Å². The van der Waals surface area contributed by atoms with Crippen molar-refractivity contribution in [3.63, 3.8) is 0 Å². The molecule has 0 saturated heterocycles. The molecule has 0 bridgehead atoms. The molecule has 0 spiro atoms. The van der Waals surface area contributed by atoms with E-state index in [1.807, 2.05) is 6.92 Å². The molecule has 1 atom stereocenters. The lowest BCUT2D eigenvalue weighted by Crippen LogP contribution is -2.48. The molecule has 1 aromatic carbocycles. The fourth-order valence-corrected chi connectivity index (χ4v) is 2.09. The number of halogens is 1. The number of nitrogens with zero attached hydrogens (tertiary/aromatic N) is 2. The smallest absolute Gasteiger partial charge is 0.270 e. The molecule has 1 heterocycles. The first-order chi connectivity index (χ1) is 9.85. The SMILES string of the molecule is CCCC(C)(N)C(=O)Nc1n[nH]c2ccc([N+](=O)[O-])cc12.Cl. The van der Waals surface area contributed by atoms with Gasteiger partial charge in [-0.1, -0.05) is 13.3 Å². The number of anilines is 1. The van der Waals surface area contributed by atoms with Gasteiger partial charge in [-0.25, -0.2) is 0 Å². The van der Waals surface area contributed by atoms with Crippen LogP contribution in [0.5, 0.6) is 0 Å². The van der Waals surface area contributed by atoms with Gasteiger partial charge in [-0.3, -0.25) is 20.0 Å². The van der Waals surface area contributed by atoms with E-state index < -0.39 is 10.5 Å². The summed E-state index contributed by atoms with van der Waals surface area (Å²) in [4.78, 5) is 22.5. The van der Waals surface area contributed by atoms with E-state index in [1.54, 1.807) is 13.0 Å². The predicted molar refractivity (Wildman–Crippen MR) is 86.1 cm³/mol. The van der Waals surface area contributed by atoms with Gasteiger partial charge in [0, 0.05) is 12.1 Å². The van der Waals surface area contributed by atoms with E-state index in [0.29, 0.717) is 17.3 Å². The summed E-state index contributed by atoms with van der Waals surface area (Å²) in [6.45, 7) is 3.58. The average Bonchev–Trinajstić information content (AvgIpc) is 2.81. The van der Waals surface area contributed by atoms with Crippen molar-refractivity contribution in [1.82, 2.24) is 10.2 Å². The van der Waals surface area contributed by atoms with Crippen LogP contribution in [-0.2, 0) is 4.79 Å². The van der Waals surface area contributed by atoms with Gasteiger partial charge >= 0.3 is 0 Å². The van der Waals surface area contributed by atoms with Crippen molar-refractivity contribution in [3.05, 3.63) is 28.3 Å². The van der Waals surface area contributed by atoms with Gasteiger partial charge in [0.15, 0.2) is 5.82 Å². The van der Waals surface area contributed by atoms with Gasteiger partial charge in [-0.05, 0) is 19.4 Å². The molecule has 0 aliphatic carbocycles. The maximum atomic E-state index is 12.2. The molecule has 8 nitrogen and oxygen atoms in total. The van der Waals surface area contributed by atoms with Gasteiger partial charge in [0.1, 0.15) is 0 Å². The Morgan fingerprint density at radius 3 is 2.82 bits per heavy atom. The van der Waals surface area contributed by atoms with Crippen molar-refractivity contribution in [3.8, 4) is 0 Å². The van der Waals surface area contributed by atoms with Crippen molar-refractivity contribution in [1.29, 1.82) is 0 Å². The van der Waals surface area contributed by atoms with E-state index in [-0.39, 0.29) is 29.8 Å². The van der Waals surface area contributed by atoms with Crippen LogP contribution in [0.2, 0.25) is 0 Å². The summed E-state index contributed by atoms with van der Waals surface area (Å²) < 4.78 is 0. The molecular formula is C13H18ClN5O3. The lowest BCUT2D eigenvalue weighted by atomic mass is 9.96. The topological polar surface area (TPSA) is 127 Å². The molecule has 0 radical (unpaired) electrons. The van der Waals surface area contributed by atoms with Crippen LogP contribution in [0.1, 0.15) is 26.7 Å². The number of non-ortho nitro benzene ring substituents is 1. The molecule has 120 valence electrons. The number of nitrogens with one attached hydrogen (secondary N) is 2. The number of aromatic nitrogens is 2. The molecular weight excluding hydrogens is 310 g/mol. The van der Waals surface area contributed by atoms with Crippen LogP contribution in [0.15, 0.2) is 18.2 Å². The monoisotopic (exact) mass is 327 g/mol. The largest absolute Gasteiger partial charge is 0.318 e. The van der Waals surface area contributed by atoms with Crippen LogP contribution >= 0.6 is 12.4 Å². The van der Waals surface area contributed by atoms with Crippen LogP contribution in [0.4, 0.5) is 11.5 Å². The molecule has 2 rings (SSSR count). The number of H-pyrrole nitrogens is 1. The summed E-state index contributed by atoms with van der Waals surface area (Å²) >= 11 is 0. The van der Waals surface area contributed by atoms with Crippen LogP contribution in [-0.4, -0.2) is 26.6 Å². The molecule has 2 aromatic rings. The number of hydrogen-bond acceptors (Lipinski definition) is 5. The first-order valence-corrected chi connectivity index (χ1v) is 6.58. The lowest BCUT2D eigenvalue weighted by molar-refractivity contribution is -0.384. The predicted octanol–water partition coefficient (Wildman–Crippen LogP) is 2.35. The molecule has 0 aliphatic heterocycles. The maximum absolute atomic E-state index is 12.2. The van der Waals surface area contributed by atoms with Crippen molar-refractivity contribution in [2.45, 2.75) is 32.2 Å². The summed E-state index contributed by atoms with van der Waals surface area (Å²) in [5.41, 5.74) is 5.47. The van der Waals surface area contributed by atoms with E-state index in [9.17, 15) is 14.9 Å². The molecule has 1 aromatic heterocycles. The normalized spacial score (nSPS) is 13.2. The zero-order valence-electron chi connectivity index (χ0n) is 12.3. The maximum Gasteiger partial charge on any atom is 0.270 e. The molecule has 1 amide bonds. The highest BCUT2D eigenvalue weighted by Gasteiger charge is 2.28. The lowest BCUT2D eigenvalue weighted by Gasteiger charge is -2.22. The highest BCUT2D eigenvalue weighted by atomic mass is 35.5. The Bertz CT molecular complexity index is 698. The number of benzene rings is 1. The average molecular weight is 328 g/mol. The Morgan fingerprint density at radius 1 is 1.55 bits per heavy atom. The van der Waals surface area contributed by atoms with Gasteiger partial charge in [0.2, 0.25) is 5.91 Å². The zero-order chi connectivity index (χ0) is 15.6. The molecule has 4 N–H and O–H groups in total. The third-order valence-electron chi connectivity index (χ3n) is 3.28. The van der Waals surface area contributed by atoms with E-state index in [1.165, 1.54) is 12.1 Å². The second-order valence-corrected chi connectivity index (χ2v) is 5.18. The van der Waals surface area contributed by atoms with Crippen LogP contribution in [0, 0.1) is 10.1 Å². The number of nitrogens with two attached hydrogens (primary N) is 1. The highest BCUT2D eigenvalue weighted by Crippen LogP contribution is 2.25. The number of rotatable bonds is 5. The fourth-order valence-electron chi connectivity index (χ4n) is 2.09. The Morgan fingerprint density at radius 2 is 2.23 bits per heavy atom. The number of carbonyl (C=O) groups is 1. The van der Waals surface area contributed by atoms with Crippen molar-refractivity contribution >= 4 is 40.7 Å². The standard InChI is InChI=1S/C13H17N5O3.ClH/c1-3-6-13(2,14)12(19)15-11-9-7-8(18(20)21)4-5-10(9)16-17-11;/h4-5,7H,3,6,14H2,1-2H3,(H2,15,16,17,19);1H. The minimum atomic E-state index is -1.01. The van der Waals surface area contributed by atoms with Gasteiger partial charge < -0.3 is 11.1 Å². The van der Waals surface area contributed by atoms with E-state index in [4.69, 9.17) is 5.73 Å². The Labute approximate surface area is 133 Å². The van der Waals surface area contributed by atoms with Crippen molar-refractivity contribution < 1.29 is 9.72 Å². The Hall–Kier alpha value is -2.19. The molecule has 0 fully saturated rings. The van der Waals surface area contributed by atoms with Crippen LogP contribution in [0.25, 0.3) is 10.9 Å². The molecule has 0 saturated carbocycles.